The summed E-state index contributed by atoms with van der Waals surface area (Å²) >= 11 is 0. The minimum Gasteiger partial charge on any atom is -0.391 e. The lowest BCUT2D eigenvalue weighted by Gasteiger charge is -2.40. The second-order valence-corrected chi connectivity index (χ2v) is 6.82. The number of aliphatic hydroxyl groups excluding tert-OH is 1. The van der Waals surface area contributed by atoms with Crippen LogP contribution in [0, 0.1) is 0 Å². The molecule has 0 radical (unpaired) electrons. The largest absolute Gasteiger partial charge is 0.391 e. The second kappa shape index (κ2) is 6.28. The van der Waals surface area contributed by atoms with Crippen LogP contribution < -0.4 is 0 Å². The molecule has 1 aromatic carbocycles. The number of hydrogen-bond acceptors (Lipinski definition) is 2. The number of likely N-dealkylation sites (N-methyl/N-ethyl adjacent to an activating group) is 1. The van der Waals surface area contributed by atoms with Gasteiger partial charge in [0.15, 0.2) is 0 Å². The molecule has 1 atom stereocenters. The maximum absolute atomic E-state index is 10.8. The summed E-state index contributed by atoms with van der Waals surface area (Å²) in [5.74, 6) is 0.567. The summed E-state index contributed by atoms with van der Waals surface area (Å²) in [6.07, 6.45) is 5.20. The highest BCUT2D eigenvalue weighted by atomic mass is 16.3. The molecule has 1 unspecified atom stereocenters. The van der Waals surface area contributed by atoms with Gasteiger partial charge in [0, 0.05) is 12.0 Å². The van der Waals surface area contributed by atoms with E-state index >= 15 is 0 Å². The third kappa shape index (κ3) is 3.07. The van der Waals surface area contributed by atoms with Crippen molar-refractivity contribution in [3.8, 4) is 0 Å². The molecule has 1 aromatic rings. The average molecular weight is 275 g/mol. The van der Waals surface area contributed by atoms with Crippen LogP contribution >= 0.6 is 0 Å². The van der Waals surface area contributed by atoms with Crippen molar-refractivity contribution in [3.63, 3.8) is 0 Å². The Kier molecular flexibility index (Phi) is 4.87. The minimum absolute atomic E-state index is 0.0171. The van der Waals surface area contributed by atoms with Crippen LogP contribution in [0.4, 0.5) is 0 Å². The Morgan fingerprint density at radius 1 is 1.10 bits per heavy atom. The lowest BCUT2D eigenvalue weighted by molar-refractivity contribution is -0.00250. The van der Waals surface area contributed by atoms with Crippen molar-refractivity contribution in [1.82, 2.24) is 4.90 Å². The summed E-state index contributed by atoms with van der Waals surface area (Å²) in [6, 6.07) is 8.75. The van der Waals surface area contributed by atoms with Crippen LogP contribution in [0.2, 0.25) is 0 Å². The molecule has 0 aliphatic heterocycles. The van der Waals surface area contributed by atoms with Crippen molar-refractivity contribution in [1.29, 1.82) is 0 Å². The first-order chi connectivity index (χ1) is 9.45. The van der Waals surface area contributed by atoms with Crippen LogP contribution in [0.25, 0.3) is 0 Å². The van der Waals surface area contributed by atoms with Crippen LogP contribution in [0.15, 0.2) is 24.3 Å². The molecule has 0 saturated heterocycles. The Labute approximate surface area is 123 Å². The van der Waals surface area contributed by atoms with Gasteiger partial charge in [0.05, 0.1) is 6.10 Å². The summed E-state index contributed by atoms with van der Waals surface area (Å²) in [5, 5.41) is 10.8. The fourth-order valence-corrected chi connectivity index (χ4v) is 3.52. The summed E-state index contributed by atoms with van der Waals surface area (Å²) in [7, 11) is 4.22. The van der Waals surface area contributed by atoms with E-state index in [4.69, 9.17) is 0 Å². The van der Waals surface area contributed by atoms with Gasteiger partial charge in [0.2, 0.25) is 0 Å². The van der Waals surface area contributed by atoms with Gasteiger partial charge in [0.25, 0.3) is 0 Å². The predicted molar refractivity (Wildman–Crippen MR) is 85.1 cm³/mol. The molecule has 2 nitrogen and oxygen atoms in total. The maximum Gasteiger partial charge on any atom is 0.0763 e. The molecule has 1 saturated carbocycles. The number of benzene rings is 1. The maximum atomic E-state index is 10.8. The molecule has 0 aromatic heterocycles. The molecule has 2 rings (SSSR count). The normalized spacial score (nSPS) is 19.8. The Morgan fingerprint density at radius 3 is 2.10 bits per heavy atom. The zero-order chi connectivity index (χ0) is 14.8. The fourth-order valence-electron chi connectivity index (χ4n) is 3.52. The van der Waals surface area contributed by atoms with Gasteiger partial charge in [-0.3, -0.25) is 0 Å². The van der Waals surface area contributed by atoms with E-state index in [9.17, 15) is 5.11 Å². The molecule has 112 valence electrons. The molecule has 2 heteroatoms. The number of aliphatic hydroxyl groups is 1. The van der Waals surface area contributed by atoms with E-state index in [1.807, 2.05) is 0 Å². The Morgan fingerprint density at radius 2 is 1.65 bits per heavy atom. The first kappa shape index (κ1) is 15.5. The SMILES string of the molecule is CC(C)c1ccc(CC(O)C2(N(C)C)CCCC2)cc1. The third-order valence-corrected chi connectivity index (χ3v) is 5.06. The lowest BCUT2D eigenvalue weighted by Crippen LogP contribution is -2.52. The van der Waals surface area contributed by atoms with Gasteiger partial charge in [-0.25, -0.2) is 0 Å². The highest BCUT2D eigenvalue weighted by Crippen LogP contribution is 2.37. The van der Waals surface area contributed by atoms with E-state index in [0.717, 1.165) is 19.3 Å². The summed E-state index contributed by atoms with van der Waals surface area (Å²) < 4.78 is 0. The predicted octanol–water partition coefficient (Wildman–Crippen LogP) is 3.59. The number of rotatable bonds is 5. The first-order valence-corrected chi connectivity index (χ1v) is 7.90. The van der Waals surface area contributed by atoms with Crippen LogP contribution in [0.3, 0.4) is 0 Å². The third-order valence-electron chi connectivity index (χ3n) is 5.06. The van der Waals surface area contributed by atoms with Gasteiger partial charge in [-0.2, -0.15) is 0 Å². The molecule has 0 heterocycles. The zero-order valence-electron chi connectivity index (χ0n) is 13.4. The molecule has 1 fully saturated rings. The molecule has 20 heavy (non-hydrogen) atoms. The van der Waals surface area contributed by atoms with Gasteiger partial charge in [0.1, 0.15) is 0 Å². The summed E-state index contributed by atoms with van der Waals surface area (Å²) in [6.45, 7) is 4.42. The van der Waals surface area contributed by atoms with Crippen LogP contribution in [0.1, 0.15) is 56.6 Å². The van der Waals surface area contributed by atoms with Crippen molar-refractivity contribution in [2.45, 2.75) is 63.5 Å². The first-order valence-electron chi connectivity index (χ1n) is 7.90. The highest BCUT2D eigenvalue weighted by Gasteiger charge is 2.42. The van der Waals surface area contributed by atoms with Crippen molar-refractivity contribution >= 4 is 0 Å². The fraction of sp³-hybridized carbons (Fsp3) is 0.667. The van der Waals surface area contributed by atoms with E-state index in [2.05, 4.69) is 57.1 Å². The van der Waals surface area contributed by atoms with Crippen molar-refractivity contribution in [2.24, 2.45) is 0 Å². The molecular formula is C18H29NO. The van der Waals surface area contributed by atoms with Crippen molar-refractivity contribution in [2.75, 3.05) is 14.1 Å². The standard InChI is InChI=1S/C18H29NO/c1-14(2)16-9-7-15(8-10-16)13-17(20)18(19(3)4)11-5-6-12-18/h7-10,14,17,20H,5-6,11-13H2,1-4H3. The van der Waals surface area contributed by atoms with Gasteiger partial charge in [-0.15, -0.1) is 0 Å². The van der Waals surface area contributed by atoms with Crippen LogP contribution in [0.5, 0.6) is 0 Å². The van der Waals surface area contributed by atoms with E-state index in [1.54, 1.807) is 0 Å². The molecular weight excluding hydrogens is 246 g/mol. The number of nitrogens with zero attached hydrogens (tertiary/aromatic N) is 1. The topological polar surface area (TPSA) is 23.5 Å². The van der Waals surface area contributed by atoms with E-state index in [0.29, 0.717) is 5.92 Å². The van der Waals surface area contributed by atoms with Crippen LogP contribution in [-0.4, -0.2) is 35.7 Å². The molecule has 1 N–H and O–H groups in total. The smallest absolute Gasteiger partial charge is 0.0763 e. The van der Waals surface area contributed by atoms with E-state index < -0.39 is 0 Å². The molecule has 1 aliphatic carbocycles. The number of hydrogen-bond donors (Lipinski definition) is 1. The molecule has 0 bridgehead atoms. The Hall–Kier alpha value is -0.860. The van der Waals surface area contributed by atoms with E-state index in [-0.39, 0.29) is 11.6 Å². The van der Waals surface area contributed by atoms with Gasteiger partial charge in [-0.1, -0.05) is 51.0 Å². The van der Waals surface area contributed by atoms with Gasteiger partial charge in [-0.05, 0) is 44.0 Å². The monoisotopic (exact) mass is 275 g/mol. The second-order valence-electron chi connectivity index (χ2n) is 6.82. The van der Waals surface area contributed by atoms with Crippen molar-refractivity contribution in [3.05, 3.63) is 35.4 Å². The quantitative estimate of drug-likeness (QED) is 0.887. The molecule has 0 spiro atoms. The summed E-state index contributed by atoms with van der Waals surface area (Å²) in [5.41, 5.74) is 2.60. The van der Waals surface area contributed by atoms with E-state index in [1.165, 1.54) is 24.0 Å². The lowest BCUT2D eigenvalue weighted by atomic mass is 9.85. The Bertz CT molecular complexity index is 416. The molecule has 0 amide bonds. The minimum atomic E-state index is -0.273. The van der Waals surface area contributed by atoms with Gasteiger partial charge >= 0.3 is 0 Å². The summed E-state index contributed by atoms with van der Waals surface area (Å²) in [4.78, 5) is 2.24. The highest BCUT2D eigenvalue weighted by molar-refractivity contribution is 5.25. The average Bonchev–Trinajstić information content (AvgIpc) is 2.90. The molecule has 1 aliphatic rings. The Balaban J connectivity index is 2.08. The van der Waals surface area contributed by atoms with Crippen LogP contribution in [-0.2, 0) is 6.42 Å². The van der Waals surface area contributed by atoms with Crippen molar-refractivity contribution < 1.29 is 5.11 Å². The van der Waals surface area contributed by atoms with Gasteiger partial charge < -0.3 is 10.0 Å². The zero-order valence-corrected chi connectivity index (χ0v) is 13.4.